The minimum atomic E-state index is -0.353. The van der Waals surface area contributed by atoms with Crippen molar-refractivity contribution in [1.29, 1.82) is 5.26 Å². The second-order valence-electron chi connectivity index (χ2n) is 6.41. The lowest BCUT2D eigenvalue weighted by molar-refractivity contribution is -0.118. The molecule has 0 saturated heterocycles. The minimum absolute atomic E-state index is 0.0657. The van der Waals surface area contributed by atoms with Crippen molar-refractivity contribution in [2.75, 3.05) is 11.9 Å². The number of carbonyl (C=O) groups is 1. The number of nitriles is 1. The third-order valence-electron chi connectivity index (χ3n) is 3.47. The molecule has 0 fully saturated rings. The van der Waals surface area contributed by atoms with E-state index in [0.29, 0.717) is 22.0 Å². The predicted octanol–water partition coefficient (Wildman–Crippen LogP) is 4.53. The van der Waals surface area contributed by atoms with Gasteiger partial charge in [-0.3, -0.25) is 4.79 Å². The molecule has 0 aliphatic heterocycles. The Bertz CT molecular complexity index is 771. The van der Waals surface area contributed by atoms with Gasteiger partial charge in [0, 0.05) is 5.02 Å². The molecule has 5 heteroatoms. The van der Waals surface area contributed by atoms with Gasteiger partial charge in [-0.2, -0.15) is 5.26 Å². The number of halogens is 1. The van der Waals surface area contributed by atoms with Crippen molar-refractivity contribution in [3.05, 3.63) is 58.6 Å². The third kappa shape index (κ3) is 4.74. The molecule has 0 unspecified atom stereocenters. The van der Waals surface area contributed by atoms with Crippen LogP contribution in [-0.4, -0.2) is 12.5 Å². The molecule has 0 aromatic heterocycles. The zero-order chi connectivity index (χ0) is 17.7. The van der Waals surface area contributed by atoms with E-state index >= 15 is 0 Å². The molecule has 1 amide bonds. The number of hydrogen-bond acceptors (Lipinski definition) is 3. The fourth-order valence-electron chi connectivity index (χ4n) is 2.10. The summed E-state index contributed by atoms with van der Waals surface area (Å²) in [6.45, 7) is 6.25. The maximum Gasteiger partial charge on any atom is 0.262 e. The fourth-order valence-corrected chi connectivity index (χ4v) is 2.28. The molecule has 1 N–H and O–H groups in total. The number of nitrogens with zero attached hydrogens (tertiary/aromatic N) is 1. The number of benzene rings is 2. The summed E-state index contributed by atoms with van der Waals surface area (Å²) in [5.41, 5.74) is 1.98. The smallest absolute Gasteiger partial charge is 0.262 e. The van der Waals surface area contributed by atoms with E-state index in [1.54, 1.807) is 12.1 Å². The van der Waals surface area contributed by atoms with Crippen LogP contribution in [0.3, 0.4) is 0 Å². The molecule has 0 aliphatic rings. The molecule has 0 bridgehead atoms. The monoisotopic (exact) mass is 342 g/mol. The van der Waals surface area contributed by atoms with Crippen LogP contribution in [0.25, 0.3) is 0 Å². The summed E-state index contributed by atoms with van der Waals surface area (Å²) in [6.07, 6.45) is 0. The number of carbonyl (C=O) groups excluding carboxylic acids is 1. The highest BCUT2D eigenvalue weighted by molar-refractivity contribution is 6.31. The Balaban J connectivity index is 1.97. The van der Waals surface area contributed by atoms with Crippen LogP contribution in [0, 0.1) is 11.3 Å². The summed E-state index contributed by atoms with van der Waals surface area (Å²) in [6, 6.07) is 14.4. The zero-order valence-electron chi connectivity index (χ0n) is 13.9. The van der Waals surface area contributed by atoms with Gasteiger partial charge in [0.1, 0.15) is 11.8 Å². The lowest BCUT2D eigenvalue weighted by Gasteiger charge is -2.19. The number of rotatable bonds is 4. The van der Waals surface area contributed by atoms with Crippen molar-refractivity contribution in [2.24, 2.45) is 0 Å². The Morgan fingerprint density at radius 3 is 2.46 bits per heavy atom. The van der Waals surface area contributed by atoms with Gasteiger partial charge in [-0.05, 0) is 41.3 Å². The Morgan fingerprint density at radius 2 is 1.88 bits per heavy atom. The maximum atomic E-state index is 12.0. The Kier molecular flexibility index (Phi) is 5.48. The van der Waals surface area contributed by atoms with Gasteiger partial charge in [0.15, 0.2) is 6.61 Å². The predicted molar refractivity (Wildman–Crippen MR) is 95.4 cm³/mol. The van der Waals surface area contributed by atoms with Crippen molar-refractivity contribution in [3.8, 4) is 11.8 Å². The van der Waals surface area contributed by atoms with Gasteiger partial charge in [-0.1, -0.05) is 44.5 Å². The minimum Gasteiger partial charge on any atom is -0.484 e. The highest BCUT2D eigenvalue weighted by atomic mass is 35.5. The molecule has 24 heavy (non-hydrogen) atoms. The van der Waals surface area contributed by atoms with Crippen LogP contribution in [0.5, 0.6) is 5.75 Å². The first-order valence-corrected chi connectivity index (χ1v) is 7.90. The lowest BCUT2D eigenvalue weighted by atomic mass is 9.87. The van der Waals surface area contributed by atoms with Crippen molar-refractivity contribution in [2.45, 2.75) is 26.2 Å². The summed E-state index contributed by atoms with van der Waals surface area (Å²) >= 11 is 5.89. The molecule has 2 aromatic rings. The summed E-state index contributed by atoms with van der Waals surface area (Å²) in [7, 11) is 0. The van der Waals surface area contributed by atoms with Gasteiger partial charge in [0.25, 0.3) is 5.91 Å². The average Bonchev–Trinajstić information content (AvgIpc) is 2.53. The highest BCUT2D eigenvalue weighted by Gasteiger charge is 2.13. The molecule has 0 spiro atoms. The van der Waals surface area contributed by atoms with Crippen LogP contribution in [0.1, 0.15) is 31.9 Å². The number of nitrogens with one attached hydrogen (secondary N) is 1. The Labute approximate surface area is 147 Å². The molecule has 4 nitrogen and oxygen atoms in total. The Hall–Kier alpha value is -2.51. The average molecular weight is 343 g/mol. The van der Waals surface area contributed by atoms with Gasteiger partial charge < -0.3 is 10.1 Å². The van der Waals surface area contributed by atoms with Gasteiger partial charge in [-0.15, -0.1) is 0 Å². The van der Waals surface area contributed by atoms with E-state index in [9.17, 15) is 4.79 Å². The van der Waals surface area contributed by atoms with Crippen molar-refractivity contribution < 1.29 is 9.53 Å². The van der Waals surface area contributed by atoms with E-state index in [1.807, 2.05) is 30.3 Å². The van der Waals surface area contributed by atoms with E-state index in [0.717, 1.165) is 0 Å². The standard InChI is InChI=1S/C19H19ClN2O2/c1-19(2,3)14-5-8-16(9-6-14)24-12-18(23)22-17-10-15(20)7-4-13(17)11-21/h4-10H,12H2,1-3H3,(H,22,23). The summed E-state index contributed by atoms with van der Waals surface area (Å²) in [5, 5.41) is 12.1. The largest absolute Gasteiger partial charge is 0.484 e. The van der Waals surface area contributed by atoms with Crippen molar-refractivity contribution in [1.82, 2.24) is 0 Å². The van der Waals surface area contributed by atoms with Crippen LogP contribution >= 0.6 is 11.6 Å². The SMILES string of the molecule is CC(C)(C)c1ccc(OCC(=O)Nc2cc(Cl)ccc2C#N)cc1. The molecule has 0 heterocycles. The summed E-state index contributed by atoms with van der Waals surface area (Å²) < 4.78 is 5.48. The molecule has 2 rings (SSSR count). The molecule has 0 radical (unpaired) electrons. The van der Waals surface area contributed by atoms with E-state index in [-0.39, 0.29) is 17.9 Å². The van der Waals surface area contributed by atoms with Crippen LogP contribution in [0.2, 0.25) is 5.02 Å². The van der Waals surface area contributed by atoms with Gasteiger partial charge in [0.2, 0.25) is 0 Å². The fraction of sp³-hybridized carbons (Fsp3) is 0.263. The topological polar surface area (TPSA) is 62.1 Å². The van der Waals surface area contributed by atoms with Gasteiger partial charge in [0.05, 0.1) is 11.3 Å². The molecule has 0 atom stereocenters. The first kappa shape index (κ1) is 17.8. The zero-order valence-corrected chi connectivity index (χ0v) is 14.6. The second-order valence-corrected chi connectivity index (χ2v) is 6.85. The quantitative estimate of drug-likeness (QED) is 0.888. The number of amides is 1. The van der Waals surface area contributed by atoms with Crippen LogP contribution in [-0.2, 0) is 10.2 Å². The summed E-state index contributed by atoms with van der Waals surface area (Å²) in [5.74, 6) is 0.262. The normalized spacial score (nSPS) is 10.8. The number of hydrogen-bond donors (Lipinski definition) is 1. The van der Waals surface area contributed by atoms with Crippen LogP contribution in [0.4, 0.5) is 5.69 Å². The van der Waals surface area contributed by atoms with E-state index in [2.05, 4.69) is 26.1 Å². The molecular formula is C19H19ClN2O2. The summed E-state index contributed by atoms with van der Waals surface area (Å²) in [4.78, 5) is 12.0. The number of ether oxygens (including phenoxy) is 1. The van der Waals surface area contributed by atoms with Crippen molar-refractivity contribution in [3.63, 3.8) is 0 Å². The molecule has 0 aliphatic carbocycles. The first-order valence-electron chi connectivity index (χ1n) is 7.52. The Morgan fingerprint density at radius 1 is 1.21 bits per heavy atom. The van der Waals surface area contributed by atoms with E-state index in [4.69, 9.17) is 21.6 Å². The molecular weight excluding hydrogens is 324 g/mol. The van der Waals surface area contributed by atoms with E-state index in [1.165, 1.54) is 11.6 Å². The van der Waals surface area contributed by atoms with Crippen LogP contribution < -0.4 is 10.1 Å². The number of anilines is 1. The van der Waals surface area contributed by atoms with Crippen molar-refractivity contribution >= 4 is 23.2 Å². The molecule has 0 saturated carbocycles. The maximum absolute atomic E-state index is 12.0. The molecule has 124 valence electrons. The van der Waals surface area contributed by atoms with Gasteiger partial charge >= 0.3 is 0 Å². The first-order chi connectivity index (χ1) is 11.3. The van der Waals surface area contributed by atoms with Gasteiger partial charge in [-0.25, -0.2) is 0 Å². The third-order valence-corrected chi connectivity index (χ3v) is 3.70. The second kappa shape index (κ2) is 7.37. The highest BCUT2D eigenvalue weighted by Crippen LogP contribution is 2.24. The molecule has 2 aromatic carbocycles. The van der Waals surface area contributed by atoms with Crippen LogP contribution in [0.15, 0.2) is 42.5 Å². The lowest BCUT2D eigenvalue weighted by Crippen LogP contribution is -2.20. The van der Waals surface area contributed by atoms with E-state index < -0.39 is 0 Å².